The lowest BCUT2D eigenvalue weighted by Gasteiger charge is -1.99. The molecule has 3 heteroatoms. The molecule has 1 aromatic carbocycles. The Kier molecular flexibility index (Phi) is 2.72. The number of nitrogens with zero attached hydrogens (tertiary/aromatic N) is 1. The highest BCUT2D eigenvalue weighted by atomic mass is 35.5. The Bertz CT molecular complexity index is 500. The van der Waals surface area contributed by atoms with Crippen LogP contribution in [0.5, 0.6) is 0 Å². The Morgan fingerprint density at radius 1 is 1.40 bits per heavy atom. The van der Waals surface area contributed by atoms with Crippen molar-refractivity contribution in [1.82, 2.24) is 9.88 Å². The quantitative estimate of drug-likeness (QED) is 0.827. The zero-order valence-corrected chi connectivity index (χ0v) is 10.0. The molecule has 1 aromatic heterocycles. The van der Waals surface area contributed by atoms with Gasteiger partial charge in [0, 0.05) is 30.1 Å². The normalized spacial score (nSPS) is 11.2. The molecule has 0 aliphatic carbocycles. The predicted octanol–water partition coefficient (Wildman–Crippen LogP) is 2.86. The van der Waals surface area contributed by atoms with E-state index >= 15 is 0 Å². The molecule has 0 atom stereocenters. The second-order valence-electron chi connectivity index (χ2n) is 3.88. The number of fused-ring (bicyclic) bond motifs is 1. The molecule has 0 saturated heterocycles. The summed E-state index contributed by atoms with van der Waals surface area (Å²) in [4.78, 5) is 0. The van der Waals surface area contributed by atoms with Crippen molar-refractivity contribution >= 4 is 22.5 Å². The van der Waals surface area contributed by atoms with E-state index in [0.717, 1.165) is 11.7 Å². The predicted molar refractivity (Wildman–Crippen MR) is 65.4 cm³/mol. The fourth-order valence-corrected chi connectivity index (χ4v) is 2.21. The molecule has 15 heavy (non-hydrogen) atoms. The lowest BCUT2D eigenvalue weighted by molar-refractivity contribution is 0.816. The zero-order valence-electron chi connectivity index (χ0n) is 9.26. The summed E-state index contributed by atoms with van der Waals surface area (Å²) in [6, 6.07) is 6.42. The molecule has 0 aliphatic rings. The Hall–Kier alpha value is -0.990. The molecule has 1 N–H and O–H groups in total. The lowest BCUT2D eigenvalue weighted by atomic mass is 10.1. The molecule has 2 rings (SSSR count). The van der Waals surface area contributed by atoms with Gasteiger partial charge in [0.25, 0.3) is 0 Å². The van der Waals surface area contributed by atoms with E-state index in [-0.39, 0.29) is 0 Å². The average Bonchev–Trinajstić information content (AvgIpc) is 2.44. The zero-order chi connectivity index (χ0) is 11.0. The number of aryl methyl sites for hydroxylation is 2. The average molecular weight is 223 g/mol. The van der Waals surface area contributed by atoms with E-state index < -0.39 is 0 Å². The fraction of sp³-hybridized carbons (Fsp3) is 0.333. The number of benzene rings is 1. The topological polar surface area (TPSA) is 17.0 Å². The minimum absolute atomic E-state index is 0.805. The molecule has 0 fully saturated rings. The van der Waals surface area contributed by atoms with E-state index in [1.807, 2.05) is 18.7 Å². The number of rotatable bonds is 2. The van der Waals surface area contributed by atoms with Gasteiger partial charge in [0.15, 0.2) is 0 Å². The highest BCUT2D eigenvalue weighted by molar-refractivity contribution is 6.32. The van der Waals surface area contributed by atoms with Crippen LogP contribution in [0.25, 0.3) is 10.9 Å². The molecular weight excluding hydrogens is 208 g/mol. The highest BCUT2D eigenvalue weighted by Gasteiger charge is 2.12. The van der Waals surface area contributed by atoms with Crippen LogP contribution in [0.4, 0.5) is 0 Å². The van der Waals surface area contributed by atoms with E-state index in [2.05, 4.69) is 30.4 Å². The summed E-state index contributed by atoms with van der Waals surface area (Å²) in [5.74, 6) is 0. The first-order chi connectivity index (χ1) is 7.15. The molecule has 1 heterocycles. The van der Waals surface area contributed by atoms with Gasteiger partial charge < -0.3 is 9.88 Å². The van der Waals surface area contributed by atoms with Gasteiger partial charge in [-0.3, -0.25) is 0 Å². The van der Waals surface area contributed by atoms with E-state index in [9.17, 15) is 0 Å². The van der Waals surface area contributed by atoms with E-state index in [4.69, 9.17) is 11.6 Å². The number of hydrogen-bond acceptors (Lipinski definition) is 1. The summed E-state index contributed by atoms with van der Waals surface area (Å²) in [5.41, 5.74) is 3.64. The second-order valence-corrected chi connectivity index (χ2v) is 4.24. The monoisotopic (exact) mass is 222 g/mol. The Morgan fingerprint density at radius 3 is 2.80 bits per heavy atom. The SMILES string of the molecule is CNCc1c(Cl)n(C)c2ccc(C)cc12. The Labute approximate surface area is 94.8 Å². The highest BCUT2D eigenvalue weighted by Crippen LogP contribution is 2.29. The van der Waals surface area contributed by atoms with Crippen molar-refractivity contribution in [3.05, 3.63) is 34.5 Å². The molecule has 80 valence electrons. The van der Waals surface area contributed by atoms with E-state index in [1.54, 1.807) is 0 Å². The first kappa shape index (κ1) is 10.5. The molecule has 0 aliphatic heterocycles. The van der Waals surface area contributed by atoms with Gasteiger partial charge >= 0.3 is 0 Å². The molecule has 0 radical (unpaired) electrons. The van der Waals surface area contributed by atoms with Gasteiger partial charge in [-0.05, 0) is 26.1 Å². The largest absolute Gasteiger partial charge is 0.334 e. The summed E-state index contributed by atoms with van der Waals surface area (Å²) in [6.07, 6.45) is 0. The third-order valence-corrected chi connectivity index (χ3v) is 3.22. The minimum atomic E-state index is 0.805. The molecule has 0 saturated carbocycles. The van der Waals surface area contributed by atoms with Crippen molar-refractivity contribution < 1.29 is 0 Å². The van der Waals surface area contributed by atoms with Crippen molar-refractivity contribution in [2.45, 2.75) is 13.5 Å². The van der Waals surface area contributed by atoms with Crippen molar-refractivity contribution in [3.63, 3.8) is 0 Å². The van der Waals surface area contributed by atoms with Crippen LogP contribution >= 0.6 is 11.6 Å². The minimum Gasteiger partial charge on any atom is -0.334 e. The van der Waals surface area contributed by atoms with Crippen LogP contribution in [0.15, 0.2) is 18.2 Å². The molecule has 0 bridgehead atoms. The van der Waals surface area contributed by atoms with Gasteiger partial charge in [-0.2, -0.15) is 0 Å². The summed E-state index contributed by atoms with van der Waals surface area (Å²) < 4.78 is 2.03. The van der Waals surface area contributed by atoms with Gasteiger partial charge in [-0.25, -0.2) is 0 Å². The van der Waals surface area contributed by atoms with Gasteiger partial charge in [-0.1, -0.05) is 23.2 Å². The number of aromatic nitrogens is 1. The lowest BCUT2D eigenvalue weighted by Crippen LogP contribution is -2.05. The molecular formula is C12H15ClN2. The fourth-order valence-electron chi connectivity index (χ4n) is 1.95. The van der Waals surface area contributed by atoms with E-state index in [1.165, 1.54) is 22.0 Å². The van der Waals surface area contributed by atoms with Crippen LogP contribution in [0.3, 0.4) is 0 Å². The summed E-state index contributed by atoms with van der Waals surface area (Å²) in [7, 11) is 3.93. The molecule has 2 aromatic rings. The Morgan fingerprint density at radius 2 is 2.13 bits per heavy atom. The standard InChI is InChI=1S/C12H15ClN2/c1-8-4-5-11-9(6-8)10(7-14-2)12(13)15(11)3/h4-6,14H,7H2,1-3H3. The van der Waals surface area contributed by atoms with Crippen LogP contribution in [0.1, 0.15) is 11.1 Å². The van der Waals surface area contributed by atoms with Gasteiger partial charge in [-0.15, -0.1) is 0 Å². The first-order valence-corrected chi connectivity index (χ1v) is 5.41. The van der Waals surface area contributed by atoms with Crippen molar-refractivity contribution in [3.8, 4) is 0 Å². The maximum absolute atomic E-state index is 6.29. The van der Waals surface area contributed by atoms with Crippen molar-refractivity contribution in [1.29, 1.82) is 0 Å². The molecule has 0 unspecified atom stereocenters. The van der Waals surface area contributed by atoms with Crippen molar-refractivity contribution in [2.24, 2.45) is 7.05 Å². The maximum atomic E-state index is 6.29. The van der Waals surface area contributed by atoms with Crippen molar-refractivity contribution in [2.75, 3.05) is 7.05 Å². The Balaban J connectivity index is 2.76. The summed E-state index contributed by atoms with van der Waals surface area (Å²) in [5, 5.41) is 5.22. The number of halogens is 1. The van der Waals surface area contributed by atoms with Gasteiger partial charge in [0.1, 0.15) is 5.15 Å². The molecule has 2 nitrogen and oxygen atoms in total. The molecule has 0 amide bonds. The van der Waals surface area contributed by atoms with Crippen LogP contribution in [0.2, 0.25) is 5.15 Å². The van der Waals surface area contributed by atoms with E-state index in [0.29, 0.717) is 0 Å². The van der Waals surface area contributed by atoms with Crippen LogP contribution < -0.4 is 5.32 Å². The van der Waals surface area contributed by atoms with Crippen LogP contribution in [0, 0.1) is 6.92 Å². The number of hydrogen-bond donors (Lipinski definition) is 1. The summed E-state index contributed by atoms with van der Waals surface area (Å²) >= 11 is 6.29. The smallest absolute Gasteiger partial charge is 0.114 e. The first-order valence-electron chi connectivity index (χ1n) is 5.03. The third-order valence-electron chi connectivity index (χ3n) is 2.74. The van der Waals surface area contributed by atoms with Gasteiger partial charge in [0.05, 0.1) is 0 Å². The maximum Gasteiger partial charge on any atom is 0.114 e. The van der Waals surface area contributed by atoms with Crippen LogP contribution in [-0.2, 0) is 13.6 Å². The van der Waals surface area contributed by atoms with Gasteiger partial charge in [0.2, 0.25) is 0 Å². The second kappa shape index (κ2) is 3.87. The molecule has 0 spiro atoms. The third kappa shape index (κ3) is 1.64. The van der Waals surface area contributed by atoms with Crippen LogP contribution in [-0.4, -0.2) is 11.6 Å². The summed E-state index contributed by atoms with van der Waals surface area (Å²) in [6.45, 7) is 2.91. The number of nitrogens with one attached hydrogen (secondary N) is 1.